The Kier molecular flexibility index (Phi) is 4.45. The minimum atomic E-state index is -4.00. The maximum atomic E-state index is 13.3. The molecule has 1 aliphatic heterocycles. The number of amides is 1. The van der Waals surface area contributed by atoms with Crippen LogP contribution in [0.15, 0.2) is 23.1 Å². The molecule has 2 unspecified atom stereocenters. The quantitative estimate of drug-likeness (QED) is 0.562. The van der Waals surface area contributed by atoms with Gasteiger partial charge in [-0.3, -0.25) is 14.9 Å². The zero-order valence-corrected chi connectivity index (χ0v) is 13.8. The molecule has 2 aliphatic rings. The van der Waals surface area contributed by atoms with Gasteiger partial charge < -0.3 is 4.90 Å². The lowest BCUT2D eigenvalue weighted by Crippen LogP contribution is -2.51. The summed E-state index contributed by atoms with van der Waals surface area (Å²) in [5.74, 6) is -3.37. The average Bonchev–Trinajstić information content (AvgIpc) is 3.37. The van der Waals surface area contributed by atoms with Crippen molar-refractivity contribution in [3.8, 4) is 0 Å². The van der Waals surface area contributed by atoms with Crippen LogP contribution in [0.2, 0.25) is 0 Å². The van der Waals surface area contributed by atoms with Crippen molar-refractivity contribution >= 4 is 15.9 Å². The molecule has 0 radical (unpaired) electrons. The summed E-state index contributed by atoms with van der Waals surface area (Å²) in [4.78, 5) is 23.4. The number of carbonyl (C=O) groups is 1. The summed E-state index contributed by atoms with van der Waals surface area (Å²) in [5.41, 5.74) is 0. The first-order valence-corrected chi connectivity index (χ1v) is 9.03. The van der Waals surface area contributed by atoms with Gasteiger partial charge in [0.2, 0.25) is 22.0 Å². The number of nitrogens with zero attached hydrogens (tertiary/aromatic N) is 3. The monoisotopic (exact) mass is 375 g/mol. The molecular weight excluding hydrogens is 360 g/mol. The Balaban J connectivity index is 1.64. The van der Waals surface area contributed by atoms with Gasteiger partial charge in [0.1, 0.15) is 5.92 Å². The molecule has 8 nitrogen and oxygen atoms in total. The van der Waals surface area contributed by atoms with Crippen LogP contribution in [-0.2, 0) is 14.8 Å². The van der Waals surface area contributed by atoms with Gasteiger partial charge in [0.25, 0.3) is 0 Å². The number of nitro groups is 1. The van der Waals surface area contributed by atoms with E-state index in [1.54, 1.807) is 0 Å². The fraction of sp³-hybridized carbons (Fsp3) is 0.500. The first-order chi connectivity index (χ1) is 11.7. The van der Waals surface area contributed by atoms with Crippen LogP contribution >= 0.6 is 0 Å². The van der Waals surface area contributed by atoms with Crippen molar-refractivity contribution in [2.75, 3.05) is 26.2 Å². The molecule has 1 aromatic rings. The lowest BCUT2D eigenvalue weighted by molar-refractivity contribution is -0.497. The average molecular weight is 375 g/mol. The molecule has 2 atom stereocenters. The van der Waals surface area contributed by atoms with Crippen molar-refractivity contribution in [3.63, 3.8) is 0 Å². The Hall–Kier alpha value is -2.14. The molecule has 1 saturated carbocycles. The highest BCUT2D eigenvalue weighted by Gasteiger charge is 2.54. The Morgan fingerprint density at radius 3 is 2.32 bits per heavy atom. The summed E-state index contributed by atoms with van der Waals surface area (Å²) >= 11 is 0. The van der Waals surface area contributed by atoms with Crippen LogP contribution in [-0.4, -0.2) is 60.7 Å². The SMILES string of the molecule is O=C(C1CC1[N+](=O)[O-])N1CCN(S(=O)(=O)c2ccc(F)c(F)c2)CC1. The second-order valence-corrected chi connectivity index (χ2v) is 7.94. The van der Waals surface area contributed by atoms with Crippen LogP contribution < -0.4 is 0 Å². The summed E-state index contributed by atoms with van der Waals surface area (Å²) in [6, 6.07) is 1.49. The highest BCUT2D eigenvalue weighted by molar-refractivity contribution is 7.89. The van der Waals surface area contributed by atoms with Gasteiger partial charge in [0, 0.05) is 37.5 Å². The van der Waals surface area contributed by atoms with Crippen LogP contribution in [0.4, 0.5) is 8.78 Å². The molecule has 2 fully saturated rings. The molecule has 0 bridgehead atoms. The fourth-order valence-electron chi connectivity index (χ4n) is 2.85. The van der Waals surface area contributed by atoms with Crippen LogP contribution in [0.25, 0.3) is 0 Å². The van der Waals surface area contributed by atoms with E-state index in [-0.39, 0.29) is 43.4 Å². The second kappa shape index (κ2) is 6.30. The zero-order valence-electron chi connectivity index (χ0n) is 13.0. The van der Waals surface area contributed by atoms with Crippen molar-refractivity contribution in [2.45, 2.75) is 17.4 Å². The largest absolute Gasteiger partial charge is 0.340 e. The number of hydrogen-bond acceptors (Lipinski definition) is 5. The number of benzene rings is 1. The Morgan fingerprint density at radius 1 is 1.16 bits per heavy atom. The van der Waals surface area contributed by atoms with Gasteiger partial charge in [-0.1, -0.05) is 0 Å². The van der Waals surface area contributed by atoms with Crippen molar-refractivity contribution in [1.29, 1.82) is 0 Å². The normalized spacial score (nSPS) is 24.2. The molecule has 3 rings (SSSR count). The molecule has 11 heteroatoms. The molecule has 0 spiro atoms. The minimum absolute atomic E-state index is 0.0110. The maximum absolute atomic E-state index is 13.3. The predicted octanol–water partition coefficient (Wildman–Crippen LogP) is 0.463. The third kappa shape index (κ3) is 3.33. The van der Waals surface area contributed by atoms with Gasteiger partial charge in [-0.2, -0.15) is 4.31 Å². The summed E-state index contributed by atoms with van der Waals surface area (Å²) < 4.78 is 52.2. The highest BCUT2D eigenvalue weighted by atomic mass is 32.2. The molecule has 1 aliphatic carbocycles. The molecule has 25 heavy (non-hydrogen) atoms. The number of halogens is 2. The number of carbonyl (C=O) groups excluding carboxylic acids is 1. The van der Waals surface area contributed by atoms with Crippen molar-refractivity contribution in [1.82, 2.24) is 9.21 Å². The number of rotatable bonds is 4. The van der Waals surface area contributed by atoms with E-state index in [2.05, 4.69) is 0 Å². The van der Waals surface area contributed by atoms with Gasteiger partial charge in [-0.25, -0.2) is 17.2 Å². The molecule has 1 amide bonds. The van der Waals surface area contributed by atoms with Gasteiger partial charge >= 0.3 is 0 Å². The van der Waals surface area contributed by atoms with Crippen LogP contribution in [0.3, 0.4) is 0 Å². The van der Waals surface area contributed by atoms with Gasteiger partial charge in [-0.05, 0) is 18.2 Å². The molecule has 1 saturated heterocycles. The van der Waals surface area contributed by atoms with E-state index in [1.807, 2.05) is 0 Å². The summed E-state index contributed by atoms with van der Waals surface area (Å²) in [6.45, 7) is 0.178. The fourth-order valence-corrected chi connectivity index (χ4v) is 4.28. The number of piperazine rings is 1. The van der Waals surface area contributed by atoms with Gasteiger partial charge in [0.15, 0.2) is 11.6 Å². The molecular formula is C14H15F2N3O5S. The third-order valence-electron chi connectivity index (χ3n) is 4.42. The van der Waals surface area contributed by atoms with E-state index in [0.717, 1.165) is 16.4 Å². The highest BCUT2D eigenvalue weighted by Crippen LogP contribution is 2.35. The maximum Gasteiger partial charge on any atom is 0.243 e. The lowest BCUT2D eigenvalue weighted by atomic mass is 10.3. The zero-order chi connectivity index (χ0) is 18.4. The van der Waals surface area contributed by atoms with Crippen molar-refractivity contribution in [2.24, 2.45) is 5.92 Å². The molecule has 136 valence electrons. The minimum Gasteiger partial charge on any atom is -0.340 e. The summed E-state index contributed by atoms with van der Waals surface area (Å²) in [5, 5.41) is 10.6. The van der Waals surface area contributed by atoms with Gasteiger partial charge in [-0.15, -0.1) is 0 Å². The third-order valence-corrected chi connectivity index (χ3v) is 6.32. The second-order valence-electron chi connectivity index (χ2n) is 6.00. The van der Waals surface area contributed by atoms with Crippen molar-refractivity contribution < 1.29 is 26.9 Å². The lowest BCUT2D eigenvalue weighted by Gasteiger charge is -2.34. The first kappa shape index (κ1) is 17.7. The first-order valence-electron chi connectivity index (χ1n) is 7.59. The Morgan fingerprint density at radius 2 is 1.80 bits per heavy atom. The van der Waals surface area contributed by atoms with E-state index in [4.69, 9.17) is 0 Å². The van der Waals surface area contributed by atoms with E-state index < -0.39 is 38.5 Å². The Labute approximate surface area is 142 Å². The van der Waals surface area contributed by atoms with Crippen molar-refractivity contribution in [3.05, 3.63) is 39.9 Å². The Bertz CT molecular complexity index is 824. The van der Waals surface area contributed by atoms with E-state index >= 15 is 0 Å². The molecule has 1 heterocycles. The molecule has 0 N–H and O–H groups in total. The number of hydrogen-bond donors (Lipinski definition) is 0. The smallest absolute Gasteiger partial charge is 0.243 e. The van der Waals surface area contributed by atoms with E-state index in [0.29, 0.717) is 6.07 Å². The van der Waals surface area contributed by atoms with Crippen LogP contribution in [0.1, 0.15) is 6.42 Å². The standard InChI is InChI=1S/C14H15F2N3O5S/c15-11-2-1-9(7-12(11)16)25(23,24)18-5-3-17(4-6-18)14(20)10-8-13(10)19(21)22/h1-2,7,10,13H,3-6,8H2. The topological polar surface area (TPSA) is 101 Å². The number of sulfonamides is 1. The van der Waals surface area contributed by atoms with E-state index in [9.17, 15) is 32.1 Å². The predicted molar refractivity (Wildman–Crippen MR) is 80.6 cm³/mol. The summed E-state index contributed by atoms with van der Waals surface area (Å²) in [6.07, 6.45) is 0.208. The van der Waals surface area contributed by atoms with Crippen LogP contribution in [0.5, 0.6) is 0 Å². The van der Waals surface area contributed by atoms with E-state index in [1.165, 1.54) is 4.90 Å². The van der Waals surface area contributed by atoms with Crippen LogP contribution in [0, 0.1) is 27.7 Å². The molecule has 1 aromatic carbocycles. The van der Waals surface area contributed by atoms with Gasteiger partial charge in [0.05, 0.1) is 4.90 Å². The summed E-state index contributed by atoms with van der Waals surface area (Å²) in [7, 11) is -4.00. The molecule has 0 aromatic heterocycles.